The second kappa shape index (κ2) is 6.10. The van der Waals surface area contributed by atoms with Crippen LogP contribution in [0.4, 0.5) is 0 Å². The van der Waals surface area contributed by atoms with Crippen molar-refractivity contribution in [2.75, 3.05) is 7.11 Å². The second-order valence-corrected chi connectivity index (χ2v) is 5.65. The first-order valence-electron chi connectivity index (χ1n) is 7.46. The van der Waals surface area contributed by atoms with Crippen LogP contribution in [0, 0.1) is 6.92 Å². The summed E-state index contributed by atoms with van der Waals surface area (Å²) < 4.78 is 5.30. The highest BCUT2D eigenvalue weighted by Gasteiger charge is 2.24. The first-order valence-corrected chi connectivity index (χ1v) is 7.46. The Morgan fingerprint density at radius 2 is 1.91 bits per heavy atom. The summed E-state index contributed by atoms with van der Waals surface area (Å²) in [4.78, 5) is 4.55. The van der Waals surface area contributed by atoms with Crippen LogP contribution in [-0.4, -0.2) is 13.1 Å². The summed E-state index contributed by atoms with van der Waals surface area (Å²) in [7, 11) is 1.67. The number of aryl methyl sites for hydroxylation is 1. The third kappa shape index (κ3) is 3.06. The van der Waals surface area contributed by atoms with Crippen molar-refractivity contribution in [2.24, 2.45) is 10.7 Å². The molecule has 0 fully saturated rings. The van der Waals surface area contributed by atoms with Gasteiger partial charge in [-0.15, -0.1) is 0 Å². The van der Waals surface area contributed by atoms with E-state index < -0.39 is 0 Å². The highest BCUT2D eigenvalue weighted by atomic mass is 16.5. The van der Waals surface area contributed by atoms with Gasteiger partial charge < -0.3 is 15.8 Å². The van der Waals surface area contributed by atoms with Crippen LogP contribution < -0.4 is 15.8 Å². The van der Waals surface area contributed by atoms with Gasteiger partial charge in [-0.1, -0.05) is 42.0 Å². The number of hydrogen-bond donors (Lipinski definition) is 2. The molecule has 3 rings (SSSR count). The first-order chi connectivity index (χ1) is 10.7. The summed E-state index contributed by atoms with van der Waals surface area (Å²) in [5, 5.41) is 3.28. The summed E-state index contributed by atoms with van der Waals surface area (Å²) >= 11 is 0. The fourth-order valence-electron chi connectivity index (χ4n) is 2.80. The maximum Gasteiger partial charge on any atom is 0.189 e. The van der Waals surface area contributed by atoms with Gasteiger partial charge in [-0.2, -0.15) is 0 Å². The van der Waals surface area contributed by atoms with E-state index in [1.165, 1.54) is 11.1 Å². The van der Waals surface area contributed by atoms with Crippen molar-refractivity contribution in [3.05, 3.63) is 65.2 Å². The van der Waals surface area contributed by atoms with Gasteiger partial charge in [0.15, 0.2) is 5.96 Å². The average Bonchev–Trinajstić information content (AvgIpc) is 2.55. The topological polar surface area (TPSA) is 59.6 Å². The predicted octanol–water partition coefficient (Wildman–Crippen LogP) is 3.09. The third-order valence-corrected chi connectivity index (χ3v) is 4.03. The number of methoxy groups -OCH3 is 1. The maximum absolute atomic E-state index is 6.00. The molecule has 2 unspecified atom stereocenters. The highest BCUT2D eigenvalue weighted by molar-refractivity contribution is 5.79. The number of guanidine groups is 1. The van der Waals surface area contributed by atoms with Gasteiger partial charge in [0.05, 0.1) is 19.2 Å². The number of rotatable bonds is 3. The molecule has 22 heavy (non-hydrogen) atoms. The minimum atomic E-state index is 0.0441. The Bertz CT molecular complexity index is 679. The van der Waals surface area contributed by atoms with Gasteiger partial charge >= 0.3 is 0 Å². The summed E-state index contributed by atoms with van der Waals surface area (Å²) in [5.41, 5.74) is 9.61. The molecule has 0 amide bonds. The van der Waals surface area contributed by atoms with Crippen molar-refractivity contribution in [2.45, 2.75) is 25.4 Å². The Balaban J connectivity index is 1.86. The van der Waals surface area contributed by atoms with E-state index in [4.69, 9.17) is 10.5 Å². The van der Waals surface area contributed by atoms with Crippen molar-refractivity contribution in [1.29, 1.82) is 0 Å². The van der Waals surface area contributed by atoms with Gasteiger partial charge in [-0.25, -0.2) is 4.99 Å². The number of ether oxygens (including phenoxy) is 1. The maximum atomic E-state index is 6.00. The number of aliphatic imine (C=N–C) groups is 1. The molecule has 1 heterocycles. The van der Waals surface area contributed by atoms with Gasteiger partial charge in [0.1, 0.15) is 5.75 Å². The van der Waals surface area contributed by atoms with Crippen LogP contribution in [0.1, 0.15) is 35.2 Å². The Kier molecular flexibility index (Phi) is 4.00. The molecule has 0 aliphatic carbocycles. The van der Waals surface area contributed by atoms with Crippen LogP contribution in [0.2, 0.25) is 0 Å². The molecule has 0 spiro atoms. The molecular weight excluding hydrogens is 274 g/mol. The smallest absolute Gasteiger partial charge is 0.189 e. The van der Waals surface area contributed by atoms with Crippen LogP contribution in [0.25, 0.3) is 0 Å². The van der Waals surface area contributed by atoms with Crippen LogP contribution in [-0.2, 0) is 0 Å². The number of nitrogens with zero attached hydrogens (tertiary/aromatic N) is 1. The summed E-state index contributed by atoms with van der Waals surface area (Å²) in [6.07, 6.45) is 0.872. The minimum absolute atomic E-state index is 0.0441. The van der Waals surface area contributed by atoms with Gasteiger partial charge in [-0.05, 0) is 36.6 Å². The number of nitrogens with two attached hydrogens (primary N) is 1. The minimum Gasteiger partial charge on any atom is -0.497 e. The zero-order chi connectivity index (χ0) is 15.5. The lowest BCUT2D eigenvalue weighted by Gasteiger charge is -2.29. The van der Waals surface area contributed by atoms with E-state index in [1.54, 1.807) is 7.11 Å². The Morgan fingerprint density at radius 1 is 1.14 bits per heavy atom. The van der Waals surface area contributed by atoms with Gasteiger partial charge in [0.25, 0.3) is 0 Å². The lowest BCUT2D eigenvalue weighted by atomic mass is 9.93. The first kappa shape index (κ1) is 14.4. The molecule has 2 aromatic rings. The third-order valence-electron chi connectivity index (χ3n) is 4.03. The monoisotopic (exact) mass is 295 g/mol. The predicted molar refractivity (Wildman–Crippen MR) is 89.0 cm³/mol. The zero-order valence-electron chi connectivity index (χ0n) is 12.9. The summed E-state index contributed by atoms with van der Waals surface area (Å²) in [5.74, 6) is 1.33. The van der Waals surface area contributed by atoms with Crippen LogP contribution in [0.15, 0.2) is 53.5 Å². The second-order valence-electron chi connectivity index (χ2n) is 5.65. The van der Waals surface area contributed by atoms with E-state index in [2.05, 4.69) is 47.6 Å². The SMILES string of the molecule is COc1cccc(C2CC(c3ccc(C)cc3)NC(N)=N2)c1. The molecule has 2 atom stereocenters. The fraction of sp³-hybridized carbons (Fsp3) is 0.278. The van der Waals surface area contributed by atoms with Crippen molar-refractivity contribution >= 4 is 5.96 Å². The Morgan fingerprint density at radius 3 is 2.64 bits per heavy atom. The van der Waals surface area contributed by atoms with Gasteiger partial charge in [0.2, 0.25) is 0 Å². The molecular formula is C18H21N3O. The van der Waals surface area contributed by atoms with Gasteiger partial charge in [-0.3, -0.25) is 0 Å². The quantitative estimate of drug-likeness (QED) is 0.914. The van der Waals surface area contributed by atoms with E-state index >= 15 is 0 Å². The van der Waals surface area contributed by atoms with Crippen LogP contribution in [0.5, 0.6) is 5.75 Å². The Hall–Kier alpha value is -2.49. The molecule has 0 saturated carbocycles. The van der Waals surface area contributed by atoms with Crippen LogP contribution in [0.3, 0.4) is 0 Å². The van der Waals surface area contributed by atoms with Gasteiger partial charge in [0, 0.05) is 0 Å². The molecule has 3 N–H and O–H groups in total. The summed E-state index contributed by atoms with van der Waals surface area (Å²) in [6.45, 7) is 2.09. The number of nitrogens with one attached hydrogen (secondary N) is 1. The average molecular weight is 295 g/mol. The van der Waals surface area contributed by atoms with Crippen molar-refractivity contribution < 1.29 is 4.74 Å². The van der Waals surface area contributed by atoms with E-state index in [1.807, 2.05) is 18.2 Å². The lowest BCUT2D eigenvalue weighted by molar-refractivity contribution is 0.412. The van der Waals surface area contributed by atoms with Crippen molar-refractivity contribution in [3.63, 3.8) is 0 Å². The largest absolute Gasteiger partial charge is 0.497 e. The molecule has 0 radical (unpaired) electrons. The molecule has 4 heteroatoms. The van der Waals surface area contributed by atoms with Crippen molar-refractivity contribution in [3.8, 4) is 5.75 Å². The molecule has 0 aromatic heterocycles. The van der Waals surface area contributed by atoms with E-state index in [-0.39, 0.29) is 12.1 Å². The number of benzene rings is 2. The molecule has 2 aromatic carbocycles. The summed E-state index contributed by atoms with van der Waals surface area (Å²) in [6, 6.07) is 16.8. The standard InChI is InChI=1S/C18H21N3O/c1-12-6-8-13(9-7-12)16-11-17(21-18(19)20-16)14-4-3-5-15(10-14)22-2/h3-10,16-17H,11H2,1-2H3,(H3,19,20,21). The molecule has 4 nitrogen and oxygen atoms in total. The van der Waals surface area contributed by atoms with E-state index in [0.29, 0.717) is 5.96 Å². The van der Waals surface area contributed by atoms with Crippen molar-refractivity contribution in [1.82, 2.24) is 5.32 Å². The normalized spacial score (nSPS) is 20.9. The molecule has 1 aliphatic heterocycles. The lowest BCUT2D eigenvalue weighted by Crippen LogP contribution is -2.39. The molecule has 0 saturated heterocycles. The van der Waals surface area contributed by atoms with E-state index in [9.17, 15) is 0 Å². The molecule has 1 aliphatic rings. The highest BCUT2D eigenvalue weighted by Crippen LogP contribution is 2.33. The van der Waals surface area contributed by atoms with E-state index in [0.717, 1.165) is 17.7 Å². The zero-order valence-corrected chi connectivity index (χ0v) is 12.9. The molecule has 114 valence electrons. The molecule has 0 bridgehead atoms. The van der Waals surface area contributed by atoms with Crippen LogP contribution >= 0.6 is 0 Å². The Labute approximate surface area is 131 Å². The number of hydrogen-bond acceptors (Lipinski definition) is 4. The fourth-order valence-corrected chi connectivity index (χ4v) is 2.80.